The summed E-state index contributed by atoms with van der Waals surface area (Å²) < 4.78 is 5.83. The molecule has 0 bridgehead atoms. The van der Waals surface area contributed by atoms with Crippen LogP contribution >= 0.6 is 27.3 Å². The van der Waals surface area contributed by atoms with Gasteiger partial charge in [0, 0.05) is 27.8 Å². The SMILES string of the molecule is CCC(CNCc1cc(Br)cs1)C(=O)OC. The molecule has 0 aliphatic rings. The first-order valence-electron chi connectivity index (χ1n) is 5.18. The predicted octanol–water partition coefficient (Wildman–Crippen LogP) is 2.80. The molecular weight excluding hydrogens is 290 g/mol. The third-order valence-electron chi connectivity index (χ3n) is 2.34. The number of halogens is 1. The summed E-state index contributed by atoms with van der Waals surface area (Å²) in [4.78, 5) is 12.6. The van der Waals surface area contributed by atoms with Crippen molar-refractivity contribution in [3.8, 4) is 0 Å². The van der Waals surface area contributed by atoms with Gasteiger partial charge in [-0.05, 0) is 28.4 Å². The summed E-state index contributed by atoms with van der Waals surface area (Å²) >= 11 is 5.11. The van der Waals surface area contributed by atoms with Gasteiger partial charge in [0.2, 0.25) is 0 Å². The average molecular weight is 306 g/mol. The van der Waals surface area contributed by atoms with E-state index in [9.17, 15) is 4.79 Å². The molecule has 1 N–H and O–H groups in total. The molecule has 0 fully saturated rings. The maximum absolute atomic E-state index is 11.3. The first-order valence-corrected chi connectivity index (χ1v) is 6.86. The van der Waals surface area contributed by atoms with Crippen molar-refractivity contribution in [1.82, 2.24) is 5.32 Å². The van der Waals surface area contributed by atoms with Gasteiger partial charge in [0.15, 0.2) is 0 Å². The van der Waals surface area contributed by atoms with E-state index in [0.29, 0.717) is 6.54 Å². The summed E-state index contributed by atoms with van der Waals surface area (Å²) in [6.07, 6.45) is 0.799. The van der Waals surface area contributed by atoms with Crippen molar-refractivity contribution in [2.45, 2.75) is 19.9 Å². The molecular formula is C11H16BrNO2S. The van der Waals surface area contributed by atoms with Crippen LogP contribution in [0.3, 0.4) is 0 Å². The Kier molecular flexibility index (Phi) is 6.01. The van der Waals surface area contributed by atoms with E-state index >= 15 is 0 Å². The van der Waals surface area contributed by atoms with E-state index in [4.69, 9.17) is 4.74 Å². The zero-order valence-corrected chi connectivity index (χ0v) is 11.9. The second-order valence-corrected chi connectivity index (χ2v) is 5.40. The fourth-order valence-electron chi connectivity index (χ4n) is 1.38. The van der Waals surface area contributed by atoms with E-state index < -0.39 is 0 Å². The fourth-order valence-corrected chi connectivity index (χ4v) is 2.80. The number of methoxy groups -OCH3 is 1. The van der Waals surface area contributed by atoms with Crippen LogP contribution in [-0.2, 0) is 16.1 Å². The van der Waals surface area contributed by atoms with Crippen molar-refractivity contribution in [2.24, 2.45) is 5.92 Å². The largest absolute Gasteiger partial charge is 0.469 e. The van der Waals surface area contributed by atoms with Gasteiger partial charge in [0.25, 0.3) is 0 Å². The van der Waals surface area contributed by atoms with Crippen LogP contribution < -0.4 is 5.32 Å². The number of hydrogen-bond donors (Lipinski definition) is 1. The summed E-state index contributed by atoms with van der Waals surface area (Å²) in [5, 5.41) is 5.32. The topological polar surface area (TPSA) is 38.3 Å². The molecule has 1 aromatic rings. The van der Waals surface area contributed by atoms with Gasteiger partial charge in [-0.2, -0.15) is 0 Å². The van der Waals surface area contributed by atoms with Gasteiger partial charge < -0.3 is 10.1 Å². The fraction of sp³-hybridized carbons (Fsp3) is 0.545. The van der Waals surface area contributed by atoms with E-state index in [2.05, 4.69) is 32.7 Å². The second-order valence-electron chi connectivity index (χ2n) is 3.49. The Bertz CT molecular complexity index is 340. The predicted molar refractivity (Wildman–Crippen MR) is 69.5 cm³/mol. The lowest BCUT2D eigenvalue weighted by Crippen LogP contribution is -2.28. The molecule has 3 nitrogen and oxygen atoms in total. The Labute approximate surface area is 108 Å². The van der Waals surface area contributed by atoms with Gasteiger partial charge in [-0.1, -0.05) is 6.92 Å². The van der Waals surface area contributed by atoms with Gasteiger partial charge in [0.1, 0.15) is 0 Å². The number of thiophene rings is 1. The van der Waals surface area contributed by atoms with Crippen LogP contribution in [0.4, 0.5) is 0 Å². The van der Waals surface area contributed by atoms with Crippen LogP contribution in [0.1, 0.15) is 18.2 Å². The van der Waals surface area contributed by atoms with E-state index in [1.54, 1.807) is 11.3 Å². The Morgan fingerprint density at radius 2 is 2.44 bits per heavy atom. The highest BCUT2D eigenvalue weighted by molar-refractivity contribution is 9.10. The van der Waals surface area contributed by atoms with Gasteiger partial charge in [-0.15, -0.1) is 11.3 Å². The van der Waals surface area contributed by atoms with Gasteiger partial charge in [0.05, 0.1) is 13.0 Å². The summed E-state index contributed by atoms with van der Waals surface area (Å²) in [6.45, 7) is 3.45. The molecule has 1 heterocycles. The van der Waals surface area contributed by atoms with Gasteiger partial charge in [-0.25, -0.2) is 0 Å². The zero-order chi connectivity index (χ0) is 12.0. The third-order valence-corrected chi connectivity index (χ3v) is 4.04. The Morgan fingerprint density at radius 3 is 2.94 bits per heavy atom. The molecule has 1 rings (SSSR count). The summed E-state index contributed by atoms with van der Waals surface area (Å²) in [5.74, 6) is -0.184. The van der Waals surface area contributed by atoms with Gasteiger partial charge in [-0.3, -0.25) is 4.79 Å². The minimum Gasteiger partial charge on any atom is -0.469 e. The number of carbonyl (C=O) groups excluding carboxylic acids is 1. The number of carbonyl (C=O) groups is 1. The van der Waals surface area contributed by atoms with Crippen LogP contribution in [0, 0.1) is 5.92 Å². The molecule has 16 heavy (non-hydrogen) atoms. The highest BCUT2D eigenvalue weighted by Gasteiger charge is 2.15. The highest BCUT2D eigenvalue weighted by atomic mass is 79.9. The van der Waals surface area contributed by atoms with E-state index in [1.807, 2.05) is 6.92 Å². The van der Waals surface area contributed by atoms with Crippen LogP contribution in [0.25, 0.3) is 0 Å². The van der Waals surface area contributed by atoms with Gasteiger partial charge >= 0.3 is 5.97 Å². The standard InChI is InChI=1S/C11H16BrNO2S/c1-3-8(11(14)15-2)5-13-6-10-4-9(12)7-16-10/h4,7-8,13H,3,5-6H2,1-2H3. The molecule has 5 heteroatoms. The molecule has 0 spiro atoms. The molecule has 0 aliphatic carbocycles. The van der Waals surface area contributed by atoms with Crippen LogP contribution in [0.2, 0.25) is 0 Å². The molecule has 0 aromatic carbocycles. The lowest BCUT2D eigenvalue weighted by Gasteiger charge is -2.12. The normalized spacial score (nSPS) is 12.4. The maximum Gasteiger partial charge on any atom is 0.309 e. The number of rotatable bonds is 6. The smallest absolute Gasteiger partial charge is 0.309 e. The first kappa shape index (κ1) is 13.7. The molecule has 0 amide bonds. The molecule has 0 radical (unpaired) electrons. The number of ether oxygens (including phenoxy) is 1. The quantitative estimate of drug-likeness (QED) is 0.821. The Hall–Kier alpha value is -0.390. The van der Waals surface area contributed by atoms with E-state index in [1.165, 1.54) is 12.0 Å². The molecule has 1 aromatic heterocycles. The van der Waals surface area contributed by atoms with Crippen LogP contribution in [0.15, 0.2) is 15.9 Å². The molecule has 90 valence electrons. The molecule has 0 aliphatic heterocycles. The van der Waals surface area contributed by atoms with E-state index in [-0.39, 0.29) is 11.9 Å². The Morgan fingerprint density at radius 1 is 1.69 bits per heavy atom. The molecule has 1 unspecified atom stereocenters. The second kappa shape index (κ2) is 7.04. The van der Waals surface area contributed by atoms with Crippen molar-refractivity contribution < 1.29 is 9.53 Å². The Balaban J connectivity index is 2.31. The number of hydrogen-bond acceptors (Lipinski definition) is 4. The summed E-state index contributed by atoms with van der Waals surface area (Å²) in [6, 6.07) is 2.08. The summed E-state index contributed by atoms with van der Waals surface area (Å²) in [5.41, 5.74) is 0. The van der Waals surface area contributed by atoms with Crippen molar-refractivity contribution >= 4 is 33.2 Å². The monoisotopic (exact) mass is 305 g/mol. The van der Waals surface area contributed by atoms with Crippen molar-refractivity contribution in [3.05, 3.63) is 20.8 Å². The first-order chi connectivity index (χ1) is 7.67. The average Bonchev–Trinajstić information content (AvgIpc) is 2.69. The lowest BCUT2D eigenvalue weighted by atomic mass is 10.1. The van der Waals surface area contributed by atoms with Crippen molar-refractivity contribution in [1.29, 1.82) is 0 Å². The van der Waals surface area contributed by atoms with Crippen LogP contribution in [0.5, 0.6) is 0 Å². The summed E-state index contributed by atoms with van der Waals surface area (Å²) in [7, 11) is 1.43. The zero-order valence-electron chi connectivity index (χ0n) is 9.46. The van der Waals surface area contributed by atoms with Crippen LogP contribution in [-0.4, -0.2) is 19.6 Å². The highest BCUT2D eigenvalue weighted by Crippen LogP contribution is 2.19. The molecule has 0 saturated carbocycles. The molecule has 0 saturated heterocycles. The maximum atomic E-state index is 11.3. The minimum atomic E-state index is -0.137. The van der Waals surface area contributed by atoms with Crippen molar-refractivity contribution in [2.75, 3.05) is 13.7 Å². The lowest BCUT2D eigenvalue weighted by molar-refractivity contribution is -0.145. The van der Waals surface area contributed by atoms with E-state index in [0.717, 1.165) is 17.4 Å². The van der Waals surface area contributed by atoms with Crippen molar-refractivity contribution in [3.63, 3.8) is 0 Å². The number of nitrogens with one attached hydrogen (secondary N) is 1. The minimum absolute atomic E-state index is 0.0478. The third kappa shape index (κ3) is 4.23. The molecule has 1 atom stereocenters. The number of esters is 1.